The quantitative estimate of drug-likeness (QED) is 0.853. The van der Waals surface area contributed by atoms with Gasteiger partial charge in [0, 0.05) is 18.0 Å². The summed E-state index contributed by atoms with van der Waals surface area (Å²) in [6, 6.07) is 5.38. The number of benzene rings is 1. The van der Waals surface area contributed by atoms with Crippen molar-refractivity contribution in [3.05, 3.63) is 28.8 Å². The van der Waals surface area contributed by atoms with Gasteiger partial charge in [0.1, 0.15) is 18.2 Å². The molecular formula is C18H22N4O3S. The number of rotatable bonds is 4. The first-order valence-electron chi connectivity index (χ1n) is 9.05. The van der Waals surface area contributed by atoms with Crippen LogP contribution in [0.2, 0.25) is 0 Å². The number of ether oxygens (including phenoxy) is 2. The van der Waals surface area contributed by atoms with E-state index in [4.69, 9.17) is 9.47 Å². The third kappa shape index (κ3) is 3.90. The van der Waals surface area contributed by atoms with E-state index in [-0.39, 0.29) is 6.03 Å². The molecule has 26 heavy (non-hydrogen) atoms. The van der Waals surface area contributed by atoms with Crippen LogP contribution >= 0.6 is 11.3 Å². The third-order valence-corrected chi connectivity index (χ3v) is 5.70. The maximum Gasteiger partial charge on any atom is 0.321 e. The Morgan fingerprint density at radius 3 is 2.88 bits per heavy atom. The van der Waals surface area contributed by atoms with Gasteiger partial charge in [-0.15, -0.1) is 10.2 Å². The number of nitrogens with zero attached hydrogens (tertiary/aromatic N) is 2. The lowest BCUT2D eigenvalue weighted by Crippen LogP contribution is -2.28. The van der Waals surface area contributed by atoms with Crippen molar-refractivity contribution in [2.45, 2.75) is 44.6 Å². The lowest BCUT2D eigenvalue weighted by atomic mass is 9.90. The predicted molar refractivity (Wildman–Crippen MR) is 99.0 cm³/mol. The minimum atomic E-state index is -0.300. The summed E-state index contributed by atoms with van der Waals surface area (Å²) < 4.78 is 11.2. The van der Waals surface area contributed by atoms with E-state index in [1.807, 2.05) is 18.2 Å². The molecule has 0 saturated heterocycles. The zero-order valence-corrected chi connectivity index (χ0v) is 15.3. The summed E-state index contributed by atoms with van der Waals surface area (Å²) in [4.78, 5) is 12.2. The second-order valence-corrected chi connectivity index (χ2v) is 7.54. The van der Waals surface area contributed by atoms with E-state index in [0.717, 1.165) is 16.3 Å². The number of para-hydroxylation sites is 1. The van der Waals surface area contributed by atoms with Gasteiger partial charge in [0.2, 0.25) is 5.13 Å². The van der Waals surface area contributed by atoms with Gasteiger partial charge >= 0.3 is 6.03 Å². The molecule has 0 atom stereocenters. The minimum absolute atomic E-state index is 0.300. The number of anilines is 1. The Balaban J connectivity index is 1.33. The number of fused-ring (bicyclic) bond motifs is 1. The van der Waals surface area contributed by atoms with E-state index in [1.165, 1.54) is 43.4 Å². The molecule has 7 nitrogen and oxygen atoms in total. The van der Waals surface area contributed by atoms with E-state index in [1.54, 1.807) is 0 Å². The van der Waals surface area contributed by atoms with Crippen molar-refractivity contribution in [2.24, 2.45) is 0 Å². The van der Waals surface area contributed by atoms with Crippen molar-refractivity contribution in [3.63, 3.8) is 0 Å². The van der Waals surface area contributed by atoms with Crippen LogP contribution in [0, 0.1) is 0 Å². The molecule has 1 saturated carbocycles. The Kier molecular flexibility index (Phi) is 5.19. The molecule has 2 N–H and O–H groups in total. The maximum absolute atomic E-state index is 12.2. The van der Waals surface area contributed by atoms with E-state index >= 15 is 0 Å². The normalized spacial score (nSPS) is 16.9. The van der Waals surface area contributed by atoms with Gasteiger partial charge in [-0.3, -0.25) is 5.32 Å². The average Bonchev–Trinajstić information content (AvgIpc) is 3.15. The second-order valence-electron chi connectivity index (χ2n) is 6.53. The molecule has 4 rings (SSSR count). The average molecular weight is 374 g/mol. The van der Waals surface area contributed by atoms with Crippen LogP contribution in [0.1, 0.15) is 48.6 Å². The molecule has 2 amide bonds. The van der Waals surface area contributed by atoms with Crippen molar-refractivity contribution in [1.82, 2.24) is 15.5 Å². The van der Waals surface area contributed by atoms with Crippen molar-refractivity contribution in [1.29, 1.82) is 0 Å². The molecular weight excluding hydrogens is 352 g/mol. The first kappa shape index (κ1) is 17.1. The highest BCUT2D eigenvalue weighted by Gasteiger charge is 2.20. The second kappa shape index (κ2) is 7.90. The topological polar surface area (TPSA) is 85.4 Å². The highest BCUT2D eigenvalue weighted by molar-refractivity contribution is 7.15. The third-order valence-electron chi connectivity index (χ3n) is 4.70. The van der Waals surface area contributed by atoms with Gasteiger partial charge in [-0.05, 0) is 18.9 Å². The molecule has 138 valence electrons. The van der Waals surface area contributed by atoms with E-state index in [0.29, 0.717) is 36.6 Å². The van der Waals surface area contributed by atoms with Gasteiger partial charge < -0.3 is 14.8 Å². The van der Waals surface area contributed by atoms with Gasteiger partial charge in [0.05, 0.1) is 0 Å². The first-order chi connectivity index (χ1) is 12.8. The Morgan fingerprint density at radius 1 is 1.15 bits per heavy atom. The van der Waals surface area contributed by atoms with Crippen LogP contribution in [-0.2, 0) is 6.54 Å². The van der Waals surface area contributed by atoms with Crippen molar-refractivity contribution in [2.75, 3.05) is 18.5 Å². The fourth-order valence-electron chi connectivity index (χ4n) is 3.39. The van der Waals surface area contributed by atoms with Crippen molar-refractivity contribution < 1.29 is 14.3 Å². The molecule has 2 heterocycles. The monoisotopic (exact) mass is 374 g/mol. The summed E-state index contributed by atoms with van der Waals surface area (Å²) in [6.07, 6.45) is 6.14. The standard InChI is InChI=1S/C18H22N4O3S/c23-17(19-11-13-7-4-8-14-15(13)25-10-9-24-14)20-18-22-21-16(26-18)12-5-2-1-3-6-12/h4,7-8,12H,1-3,5-6,9-11H2,(H2,19,20,22,23). The Bertz CT molecular complexity index is 774. The summed E-state index contributed by atoms with van der Waals surface area (Å²) in [5, 5.41) is 15.6. The maximum atomic E-state index is 12.2. The highest BCUT2D eigenvalue weighted by Crippen LogP contribution is 2.35. The fourth-order valence-corrected chi connectivity index (χ4v) is 4.30. The lowest BCUT2D eigenvalue weighted by Gasteiger charge is -2.21. The summed E-state index contributed by atoms with van der Waals surface area (Å²) in [7, 11) is 0. The zero-order valence-electron chi connectivity index (χ0n) is 14.5. The number of aromatic nitrogens is 2. The molecule has 0 unspecified atom stereocenters. The zero-order chi connectivity index (χ0) is 17.8. The van der Waals surface area contributed by atoms with E-state index in [2.05, 4.69) is 20.8 Å². The van der Waals surface area contributed by atoms with Gasteiger partial charge in [0.25, 0.3) is 0 Å². The summed E-state index contributed by atoms with van der Waals surface area (Å²) in [5.41, 5.74) is 0.887. The summed E-state index contributed by atoms with van der Waals surface area (Å²) in [5.74, 6) is 1.92. The SMILES string of the molecule is O=C(NCc1cccc2c1OCCO2)Nc1nnc(C2CCCCC2)s1. The largest absolute Gasteiger partial charge is 0.486 e. The van der Waals surface area contributed by atoms with Crippen LogP contribution in [-0.4, -0.2) is 29.4 Å². The lowest BCUT2D eigenvalue weighted by molar-refractivity contribution is 0.169. The number of nitrogens with one attached hydrogen (secondary N) is 2. The van der Waals surface area contributed by atoms with Gasteiger partial charge in [-0.1, -0.05) is 42.7 Å². The molecule has 1 fully saturated rings. The molecule has 8 heteroatoms. The summed E-state index contributed by atoms with van der Waals surface area (Å²) in [6.45, 7) is 1.42. The number of carbonyl (C=O) groups excluding carboxylic acids is 1. The Morgan fingerprint density at radius 2 is 2.00 bits per heavy atom. The predicted octanol–water partition coefficient (Wildman–Crippen LogP) is 3.68. The molecule has 2 aromatic rings. The number of hydrogen-bond acceptors (Lipinski definition) is 6. The molecule has 0 bridgehead atoms. The Hall–Kier alpha value is -2.35. The number of urea groups is 1. The highest BCUT2D eigenvalue weighted by atomic mass is 32.1. The molecule has 1 aliphatic carbocycles. The van der Waals surface area contributed by atoms with E-state index < -0.39 is 0 Å². The molecule has 0 spiro atoms. The smallest absolute Gasteiger partial charge is 0.321 e. The molecule has 0 radical (unpaired) electrons. The van der Waals surface area contributed by atoms with Crippen LogP contribution < -0.4 is 20.1 Å². The first-order valence-corrected chi connectivity index (χ1v) is 9.87. The van der Waals surface area contributed by atoms with Crippen LogP contribution in [0.25, 0.3) is 0 Å². The number of carbonyl (C=O) groups is 1. The van der Waals surface area contributed by atoms with E-state index in [9.17, 15) is 4.79 Å². The Labute approximate surface area is 156 Å². The van der Waals surface area contributed by atoms with Crippen LogP contribution in [0.15, 0.2) is 18.2 Å². The molecule has 1 aromatic heterocycles. The van der Waals surface area contributed by atoms with Crippen molar-refractivity contribution >= 4 is 22.5 Å². The van der Waals surface area contributed by atoms with Crippen LogP contribution in [0.3, 0.4) is 0 Å². The fraction of sp³-hybridized carbons (Fsp3) is 0.500. The molecule has 1 aliphatic heterocycles. The van der Waals surface area contributed by atoms with Gasteiger partial charge in [-0.25, -0.2) is 4.79 Å². The molecule has 2 aliphatic rings. The number of amides is 2. The van der Waals surface area contributed by atoms with Gasteiger partial charge in [-0.2, -0.15) is 0 Å². The van der Waals surface area contributed by atoms with Crippen LogP contribution in [0.5, 0.6) is 11.5 Å². The minimum Gasteiger partial charge on any atom is -0.486 e. The molecule has 1 aromatic carbocycles. The van der Waals surface area contributed by atoms with Gasteiger partial charge in [0.15, 0.2) is 11.5 Å². The summed E-state index contributed by atoms with van der Waals surface area (Å²) >= 11 is 1.47. The number of hydrogen-bond donors (Lipinski definition) is 2. The van der Waals surface area contributed by atoms with Crippen molar-refractivity contribution in [3.8, 4) is 11.5 Å². The van der Waals surface area contributed by atoms with Crippen LogP contribution in [0.4, 0.5) is 9.93 Å².